The van der Waals surface area contributed by atoms with Gasteiger partial charge in [0.25, 0.3) is 0 Å². The first-order chi connectivity index (χ1) is 31.2. The van der Waals surface area contributed by atoms with Crippen LogP contribution < -0.4 is 0 Å². The first-order valence-electron chi connectivity index (χ1n) is 21.2. The first kappa shape index (κ1) is 37.6. The van der Waals surface area contributed by atoms with Gasteiger partial charge in [-0.05, 0) is 49.4 Å². The Morgan fingerprint density at radius 3 is 1.14 bits per heavy atom. The molecule has 0 N–H and O–H groups in total. The molecule has 11 rings (SSSR count). The van der Waals surface area contributed by atoms with Crippen molar-refractivity contribution < 1.29 is 0 Å². The van der Waals surface area contributed by atoms with Crippen LogP contribution in [0.1, 0.15) is 22.9 Å². The average molecular weight is 809 g/mol. The standard InChI is InChI=1S/C57H40N6/c1-63-56(44-22-10-4-11-23-44)61-55(62-57(63)45-24-12-5-13-25-45)43-36-32-39(33-37-43)51-49-29-17-15-27-47(49)46-26-14-16-28-48(46)50(51)38-30-34-42(35-31-38)54-59-52(40-18-6-2-7-19-40)58-53(60-54)41-20-8-3-9-21-41/h2-37,56H,1H3. The quantitative estimate of drug-likeness (QED) is 0.143. The SMILES string of the molecule is CN1C(c2ccccc2)=NC(c2ccc(-c3c(-c4ccc(-c5nc(-c6ccccc6)nc(-c6ccccc6)n5)cc4)c4ccccc4c4ccccc34)cc2)=NC1c1ccccc1. The molecule has 2 heterocycles. The van der Waals surface area contributed by atoms with Crippen LogP contribution >= 0.6 is 0 Å². The van der Waals surface area contributed by atoms with Crippen molar-refractivity contribution in [2.24, 2.45) is 9.98 Å². The van der Waals surface area contributed by atoms with E-state index in [9.17, 15) is 0 Å². The highest BCUT2D eigenvalue weighted by Gasteiger charge is 2.27. The fourth-order valence-electron chi connectivity index (χ4n) is 8.69. The van der Waals surface area contributed by atoms with Gasteiger partial charge in [0.1, 0.15) is 12.0 Å². The zero-order valence-corrected chi connectivity index (χ0v) is 34.5. The van der Waals surface area contributed by atoms with E-state index in [4.69, 9.17) is 24.9 Å². The third kappa shape index (κ3) is 7.13. The molecule has 0 saturated carbocycles. The van der Waals surface area contributed by atoms with E-state index in [0.29, 0.717) is 23.3 Å². The maximum absolute atomic E-state index is 5.26. The zero-order valence-electron chi connectivity index (χ0n) is 34.5. The second kappa shape index (κ2) is 16.3. The van der Waals surface area contributed by atoms with Crippen molar-refractivity contribution in [1.29, 1.82) is 0 Å². The van der Waals surface area contributed by atoms with Gasteiger partial charge in [0.15, 0.2) is 23.3 Å². The van der Waals surface area contributed by atoms with E-state index in [1.54, 1.807) is 0 Å². The van der Waals surface area contributed by atoms with E-state index in [2.05, 4.69) is 158 Å². The number of nitrogens with zero attached hydrogens (tertiary/aromatic N) is 6. The van der Waals surface area contributed by atoms with Crippen LogP contribution in [0.25, 0.3) is 78.0 Å². The highest BCUT2D eigenvalue weighted by atomic mass is 15.3. The van der Waals surface area contributed by atoms with Gasteiger partial charge in [-0.3, -0.25) is 0 Å². The summed E-state index contributed by atoms with van der Waals surface area (Å²) in [5.74, 6) is 3.49. The Morgan fingerprint density at radius 2 is 0.683 bits per heavy atom. The first-order valence-corrected chi connectivity index (χ1v) is 21.2. The van der Waals surface area contributed by atoms with Crippen molar-refractivity contribution in [3.8, 4) is 56.4 Å². The van der Waals surface area contributed by atoms with Crippen LogP contribution in [0, 0.1) is 0 Å². The van der Waals surface area contributed by atoms with E-state index < -0.39 is 0 Å². The van der Waals surface area contributed by atoms with Gasteiger partial charge < -0.3 is 4.90 Å². The number of rotatable bonds is 8. The van der Waals surface area contributed by atoms with Crippen LogP contribution in [-0.4, -0.2) is 38.6 Å². The van der Waals surface area contributed by atoms with Crippen molar-refractivity contribution in [2.75, 3.05) is 7.05 Å². The molecule has 10 aromatic rings. The molecule has 6 nitrogen and oxygen atoms in total. The van der Waals surface area contributed by atoms with Crippen LogP contribution in [-0.2, 0) is 0 Å². The van der Waals surface area contributed by atoms with Crippen LogP contribution in [0.3, 0.4) is 0 Å². The molecule has 1 unspecified atom stereocenters. The lowest BCUT2D eigenvalue weighted by molar-refractivity contribution is 0.383. The minimum Gasteiger partial charge on any atom is -0.333 e. The number of fused-ring (bicyclic) bond motifs is 3. The summed E-state index contributed by atoms with van der Waals surface area (Å²) in [6.45, 7) is 0. The maximum atomic E-state index is 5.26. The third-order valence-corrected chi connectivity index (χ3v) is 11.8. The summed E-state index contributed by atoms with van der Waals surface area (Å²) >= 11 is 0. The van der Waals surface area contributed by atoms with E-state index in [1.807, 2.05) is 72.8 Å². The van der Waals surface area contributed by atoms with Crippen molar-refractivity contribution in [3.05, 3.63) is 235 Å². The molecule has 9 aromatic carbocycles. The molecule has 1 aromatic heterocycles. The third-order valence-electron chi connectivity index (χ3n) is 11.8. The molecule has 63 heavy (non-hydrogen) atoms. The van der Waals surface area contributed by atoms with Crippen molar-refractivity contribution in [2.45, 2.75) is 6.17 Å². The molecule has 0 amide bonds. The predicted molar refractivity (Wildman–Crippen MR) is 258 cm³/mol. The largest absolute Gasteiger partial charge is 0.333 e. The lowest BCUT2D eigenvalue weighted by Gasteiger charge is -2.32. The van der Waals surface area contributed by atoms with Gasteiger partial charge in [-0.25, -0.2) is 24.9 Å². The fraction of sp³-hybridized carbons (Fsp3) is 0.0351. The topological polar surface area (TPSA) is 66.6 Å². The number of aromatic nitrogens is 3. The summed E-state index contributed by atoms with van der Waals surface area (Å²) in [6.07, 6.45) is -0.222. The molecule has 0 saturated heterocycles. The highest BCUT2D eigenvalue weighted by Crippen LogP contribution is 2.45. The number of hydrogen-bond acceptors (Lipinski definition) is 6. The number of hydrogen-bond donors (Lipinski definition) is 0. The van der Waals surface area contributed by atoms with Crippen LogP contribution in [0.5, 0.6) is 0 Å². The van der Waals surface area contributed by atoms with Gasteiger partial charge in [-0.1, -0.05) is 218 Å². The van der Waals surface area contributed by atoms with Crippen LogP contribution in [0.15, 0.2) is 228 Å². The van der Waals surface area contributed by atoms with Gasteiger partial charge in [-0.2, -0.15) is 0 Å². The second-order valence-corrected chi connectivity index (χ2v) is 15.7. The highest BCUT2D eigenvalue weighted by molar-refractivity contribution is 6.22. The average Bonchev–Trinajstić information content (AvgIpc) is 3.37. The Hall–Kier alpha value is -8.35. The molecule has 0 fully saturated rings. The summed E-state index contributed by atoms with van der Waals surface area (Å²) in [7, 11) is 2.07. The summed E-state index contributed by atoms with van der Waals surface area (Å²) in [5.41, 5.74) is 10.5. The second-order valence-electron chi connectivity index (χ2n) is 15.7. The molecule has 0 spiro atoms. The molecule has 1 aliphatic rings. The van der Waals surface area contributed by atoms with Crippen LogP contribution in [0.4, 0.5) is 0 Å². The molecular formula is C57H40N6. The summed E-state index contributed by atoms with van der Waals surface area (Å²) in [4.78, 5) is 27.5. The monoisotopic (exact) mass is 808 g/mol. The minimum atomic E-state index is -0.222. The predicted octanol–water partition coefficient (Wildman–Crippen LogP) is 13.4. The Bertz CT molecular complexity index is 3260. The number of aliphatic imine (C=N–C) groups is 2. The molecule has 298 valence electrons. The summed E-state index contributed by atoms with van der Waals surface area (Å²) in [5, 5.41) is 4.79. The maximum Gasteiger partial charge on any atom is 0.164 e. The molecule has 1 atom stereocenters. The Kier molecular flexibility index (Phi) is 9.71. The molecule has 0 bridgehead atoms. The van der Waals surface area contributed by atoms with Crippen molar-refractivity contribution >= 4 is 33.2 Å². The summed E-state index contributed by atoms with van der Waals surface area (Å²) in [6, 6.07) is 75.9. The normalized spacial score (nSPS) is 13.8. The van der Waals surface area contributed by atoms with E-state index in [1.165, 1.54) is 32.7 Å². The Labute approximate surface area is 366 Å². The number of benzene rings is 9. The fourth-order valence-corrected chi connectivity index (χ4v) is 8.69. The van der Waals surface area contributed by atoms with Gasteiger partial charge >= 0.3 is 0 Å². The molecule has 0 radical (unpaired) electrons. The van der Waals surface area contributed by atoms with Gasteiger partial charge in [-0.15, -0.1) is 0 Å². The van der Waals surface area contributed by atoms with Gasteiger partial charge in [0, 0.05) is 34.9 Å². The summed E-state index contributed by atoms with van der Waals surface area (Å²) < 4.78 is 0. The lowest BCUT2D eigenvalue weighted by Crippen LogP contribution is -2.35. The van der Waals surface area contributed by atoms with Gasteiger partial charge in [0.05, 0.1) is 0 Å². The van der Waals surface area contributed by atoms with Crippen molar-refractivity contribution in [1.82, 2.24) is 19.9 Å². The number of amidine groups is 2. The van der Waals surface area contributed by atoms with E-state index in [-0.39, 0.29) is 6.17 Å². The van der Waals surface area contributed by atoms with E-state index in [0.717, 1.165) is 50.3 Å². The smallest absolute Gasteiger partial charge is 0.164 e. The zero-order chi connectivity index (χ0) is 42.1. The molecular weight excluding hydrogens is 769 g/mol. The van der Waals surface area contributed by atoms with E-state index >= 15 is 0 Å². The molecule has 1 aliphatic heterocycles. The van der Waals surface area contributed by atoms with Crippen LogP contribution in [0.2, 0.25) is 0 Å². The molecule has 0 aliphatic carbocycles. The Morgan fingerprint density at radius 1 is 0.333 bits per heavy atom. The van der Waals surface area contributed by atoms with Crippen molar-refractivity contribution in [3.63, 3.8) is 0 Å². The molecule has 6 heteroatoms. The van der Waals surface area contributed by atoms with Gasteiger partial charge in [0.2, 0.25) is 0 Å². The Balaban J connectivity index is 1.04. The lowest BCUT2D eigenvalue weighted by atomic mass is 9.84. The minimum absolute atomic E-state index is 0.222.